The zero-order valence-electron chi connectivity index (χ0n) is 21.1. The summed E-state index contributed by atoms with van der Waals surface area (Å²) in [6, 6.07) is 0. The molecule has 0 aromatic carbocycles. The number of carbonyl (C=O) groups excluding carboxylic acids is 4. The number of Topliss-reactive ketones (excluding diaryl/α,β-unsaturated/α-hetero) is 2. The van der Waals surface area contributed by atoms with Crippen molar-refractivity contribution in [2.24, 2.45) is 34.5 Å². The van der Waals surface area contributed by atoms with Crippen LogP contribution in [-0.2, 0) is 33.4 Å². The van der Waals surface area contributed by atoms with E-state index in [2.05, 4.69) is 13.8 Å². The van der Waals surface area contributed by atoms with Crippen molar-refractivity contribution in [3.05, 3.63) is 0 Å². The van der Waals surface area contributed by atoms with Gasteiger partial charge in [0.1, 0.15) is 29.7 Å². The third-order valence-electron chi connectivity index (χ3n) is 10.5. The quantitative estimate of drug-likeness (QED) is 0.441. The molecule has 0 amide bonds. The topological polar surface area (TPSA) is 99.3 Å². The lowest BCUT2D eigenvalue weighted by molar-refractivity contribution is -0.178. The first-order valence-corrected chi connectivity index (χ1v) is 13.1. The fourth-order valence-electron chi connectivity index (χ4n) is 8.98. The molecule has 0 radical (unpaired) electrons. The largest absolute Gasteiger partial charge is 0.459 e. The molecule has 4 unspecified atom stereocenters. The summed E-state index contributed by atoms with van der Waals surface area (Å²) < 4.78 is 17.6. The molecule has 1 heterocycles. The lowest BCUT2D eigenvalue weighted by atomic mass is 9.44. The number of fused-ring (bicyclic) bond motifs is 4. The van der Waals surface area contributed by atoms with Crippen LogP contribution in [-0.4, -0.2) is 47.4 Å². The summed E-state index contributed by atoms with van der Waals surface area (Å²) in [5.74, 6) is 0.170. The van der Waals surface area contributed by atoms with Gasteiger partial charge in [-0.1, -0.05) is 20.8 Å². The zero-order valence-corrected chi connectivity index (χ0v) is 21.1. The maximum absolute atomic E-state index is 13.5. The minimum Gasteiger partial charge on any atom is -0.459 e. The molecule has 0 aromatic rings. The van der Waals surface area contributed by atoms with Gasteiger partial charge in [-0.25, -0.2) is 0 Å². The summed E-state index contributed by atoms with van der Waals surface area (Å²) in [5, 5.41) is 0. The zero-order chi connectivity index (χ0) is 24.6. The average Bonchev–Trinajstić information content (AvgIpc) is 3.46. The molecule has 188 valence electrons. The molecule has 5 aliphatic rings. The van der Waals surface area contributed by atoms with E-state index in [4.69, 9.17) is 14.2 Å². The lowest BCUT2D eigenvalue weighted by Crippen LogP contribution is -2.59. The molecule has 0 bridgehead atoms. The fraction of sp³-hybridized carbons (Fsp3) is 0.852. The molecule has 0 aromatic heterocycles. The fourth-order valence-corrected chi connectivity index (χ4v) is 8.98. The Bertz CT molecular complexity index is 928. The molecule has 0 N–H and O–H groups in total. The molecule has 1 saturated heterocycles. The molecular formula is C27H38O7. The van der Waals surface area contributed by atoms with Gasteiger partial charge in [0.2, 0.25) is 0 Å². The SMILES string of the molecule is CCC(OC(C)=O)C(OC(C)=O)[C@H]1CC(=O)[C@@]2(C)CC[C@H]3[C@@H](CCC45OC4C(=O)CC[C@]35C)[C@H]12. The van der Waals surface area contributed by atoms with E-state index < -0.39 is 29.6 Å². The molecular weight excluding hydrogens is 436 g/mol. The second kappa shape index (κ2) is 7.87. The van der Waals surface area contributed by atoms with E-state index in [0.717, 1.165) is 32.1 Å². The molecule has 1 aliphatic heterocycles. The molecule has 7 heteroatoms. The predicted molar refractivity (Wildman–Crippen MR) is 122 cm³/mol. The molecule has 1 spiro atoms. The number of epoxide rings is 1. The van der Waals surface area contributed by atoms with Crippen LogP contribution in [0.1, 0.15) is 86.0 Å². The van der Waals surface area contributed by atoms with Gasteiger partial charge in [0.25, 0.3) is 0 Å². The Balaban J connectivity index is 1.51. The first-order valence-electron chi connectivity index (χ1n) is 13.1. The predicted octanol–water partition coefficient (Wildman–Crippen LogP) is 3.80. The Labute approximate surface area is 201 Å². The van der Waals surface area contributed by atoms with E-state index in [-0.39, 0.29) is 46.4 Å². The van der Waals surface area contributed by atoms with E-state index in [1.807, 2.05) is 6.92 Å². The number of carbonyl (C=O) groups is 4. The van der Waals surface area contributed by atoms with Crippen LogP contribution in [0.4, 0.5) is 0 Å². The third-order valence-corrected chi connectivity index (χ3v) is 10.5. The Morgan fingerprint density at radius 3 is 2.41 bits per heavy atom. The Kier molecular flexibility index (Phi) is 5.55. The van der Waals surface area contributed by atoms with Crippen molar-refractivity contribution in [3.8, 4) is 0 Å². The first kappa shape index (κ1) is 24.0. The standard InChI is InChI=1S/C27H38O7/c1-6-20(32-14(2)28)23(33-15(3)29)17-13-21(31)25(4)10-8-18-16(22(17)25)7-12-27-24(34-27)19(30)9-11-26(18,27)5/h16-18,20,22-24H,6-13H2,1-5H3/t16-,17+,18+,20?,22-,23?,24?,25-,26-,27?/m1/s1. The van der Waals surface area contributed by atoms with Gasteiger partial charge in [-0.2, -0.15) is 0 Å². The van der Waals surface area contributed by atoms with Crippen molar-refractivity contribution in [3.63, 3.8) is 0 Å². The molecule has 5 rings (SSSR count). The van der Waals surface area contributed by atoms with Gasteiger partial charge in [-0.05, 0) is 56.3 Å². The summed E-state index contributed by atoms with van der Waals surface area (Å²) in [6.45, 7) is 9.07. The van der Waals surface area contributed by atoms with E-state index >= 15 is 0 Å². The summed E-state index contributed by atoms with van der Waals surface area (Å²) >= 11 is 0. The van der Waals surface area contributed by atoms with Gasteiger partial charge in [0, 0.05) is 43.4 Å². The van der Waals surface area contributed by atoms with Crippen LogP contribution in [0.3, 0.4) is 0 Å². The van der Waals surface area contributed by atoms with Crippen molar-refractivity contribution in [1.82, 2.24) is 0 Å². The van der Waals surface area contributed by atoms with Crippen LogP contribution in [0.2, 0.25) is 0 Å². The normalized spacial score (nSPS) is 46.3. The van der Waals surface area contributed by atoms with E-state index in [1.165, 1.54) is 13.8 Å². The average molecular weight is 475 g/mol. The molecule has 7 nitrogen and oxygen atoms in total. The number of hydrogen-bond acceptors (Lipinski definition) is 7. The summed E-state index contributed by atoms with van der Waals surface area (Å²) in [7, 11) is 0. The van der Waals surface area contributed by atoms with Gasteiger partial charge < -0.3 is 14.2 Å². The molecule has 34 heavy (non-hydrogen) atoms. The molecule has 4 saturated carbocycles. The molecule has 4 aliphatic carbocycles. The van der Waals surface area contributed by atoms with E-state index in [1.54, 1.807) is 0 Å². The van der Waals surface area contributed by atoms with Gasteiger partial charge >= 0.3 is 11.9 Å². The molecule has 10 atom stereocenters. The highest BCUT2D eigenvalue weighted by molar-refractivity contribution is 5.89. The maximum Gasteiger partial charge on any atom is 0.303 e. The highest BCUT2D eigenvalue weighted by Gasteiger charge is 2.77. The smallest absolute Gasteiger partial charge is 0.303 e. The van der Waals surface area contributed by atoms with Crippen LogP contribution < -0.4 is 0 Å². The second-order valence-corrected chi connectivity index (χ2v) is 12.0. The van der Waals surface area contributed by atoms with Crippen molar-refractivity contribution in [2.45, 2.75) is 110 Å². The number of rotatable bonds is 5. The van der Waals surface area contributed by atoms with E-state index in [0.29, 0.717) is 25.2 Å². The monoisotopic (exact) mass is 474 g/mol. The van der Waals surface area contributed by atoms with Gasteiger partial charge in [-0.15, -0.1) is 0 Å². The van der Waals surface area contributed by atoms with Crippen molar-refractivity contribution in [1.29, 1.82) is 0 Å². The van der Waals surface area contributed by atoms with Crippen LogP contribution in [0.5, 0.6) is 0 Å². The summed E-state index contributed by atoms with van der Waals surface area (Å²) in [4.78, 5) is 49.9. The minimum absolute atomic E-state index is 0.0525. The van der Waals surface area contributed by atoms with Gasteiger partial charge in [0.05, 0.1) is 0 Å². The van der Waals surface area contributed by atoms with Crippen molar-refractivity contribution in [2.75, 3.05) is 0 Å². The molecule has 5 fully saturated rings. The van der Waals surface area contributed by atoms with Crippen molar-refractivity contribution >= 4 is 23.5 Å². The minimum atomic E-state index is -0.637. The highest BCUT2D eigenvalue weighted by Crippen LogP contribution is 2.72. The Hall–Kier alpha value is -1.76. The highest BCUT2D eigenvalue weighted by atomic mass is 16.6. The van der Waals surface area contributed by atoms with Gasteiger partial charge in [-0.3, -0.25) is 19.2 Å². The number of ketones is 2. The van der Waals surface area contributed by atoms with Crippen LogP contribution >= 0.6 is 0 Å². The number of ether oxygens (including phenoxy) is 3. The van der Waals surface area contributed by atoms with Crippen LogP contribution in [0, 0.1) is 34.5 Å². The van der Waals surface area contributed by atoms with Gasteiger partial charge in [0.15, 0.2) is 5.78 Å². The Morgan fingerprint density at radius 2 is 1.76 bits per heavy atom. The maximum atomic E-state index is 13.5. The lowest BCUT2D eigenvalue weighted by Gasteiger charge is -2.59. The summed E-state index contributed by atoms with van der Waals surface area (Å²) in [6.07, 6.45) is 4.31. The second-order valence-electron chi connectivity index (χ2n) is 12.0. The third kappa shape index (κ3) is 3.17. The van der Waals surface area contributed by atoms with E-state index in [9.17, 15) is 19.2 Å². The van der Waals surface area contributed by atoms with Crippen LogP contribution in [0.15, 0.2) is 0 Å². The summed E-state index contributed by atoms with van der Waals surface area (Å²) in [5.41, 5.74) is -0.870. The number of hydrogen-bond donors (Lipinski definition) is 0. The number of esters is 2. The van der Waals surface area contributed by atoms with Crippen LogP contribution in [0.25, 0.3) is 0 Å². The van der Waals surface area contributed by atoms with Crippen molar-refractivity contribution < 1.29 is 33.4 Å². The first-order chi connectivity index (χ1) is 16.0. The Morgan fingerprint density at radius 1 is 1.06 bits per heavy atom.